The Morgan fingerprint density at radius 3 is 2.48 bits per heavy atom. The number of hydrogen-bond acceptors (Lipinski definition) is 8. The Morgan fingerprint density at radius 2 is 1.79 bits per heavy atom. The maximum atomic E-state index is 12.2. The molecule has 234 valence electrons. The number of rotatable bonds is 9. The van der Waals surface area contributed by atoms with Gasteiger partial charge in [0, 0.05) is 18.4 Å². The zero-order valence-corrected chi connectivity index (χ0v) is 26.3. The number of allylic oxidation sites excluding steroid dienone is 2. The van der Waals surface area contributed by atoms with E-state index in [1.54, 1.807) is 19.9 Å². The first-order valence-corrected chi connectivity index (χ1v) is 15.3. The molecule has 1 aromatic rings. The topological polar surface area (TPSA) is 104 Å². The Hall–Kier alpha value is -2.07. The summed E-state index contributed by atoms with van der Waals surface area (Å²) in [5, 5.41) is 21.9. The number of ether oxygens (including phenoxy) is 5. The van der Waals surface area contributed by atoms with Crippen molar-refractivity contribution in [3.05, 3.63) is 59.2 Å². The molecule has 8 atom stereocenters. The highest BCUT2D eigenvalue weighted by atomic mass is 16.7. The maximum absolute atomic E-state index is 12.2. The van der Waals surface area contributed by atoms with Crippen LogP contribution in [0.2, 0.25) is 0 Å². The average Bonchev–Trinajstić information content (AvgIpc) is 3.21. The van der Waals surface area contributed by atoms with E-state index in [0.717, 1.165) is 18.4 Å². The predicted molar refractivity (Wildman–Crippen MR) is 159 cm³/mol. The van der Waals surface area contributed by atoms with Crippen LogP contribution in [0.4, 0.5) is 0 Å². The summed E-state index contributed by atoms with van der Waals surface area (Å²) >= 11 is 0. The van der Waals surface area contributed by atoms with Crippen molar-refractivity contribution in [1.82, 2.24) is 0 Å². The first-order valence-electron chi connectivity index (χ1n) is 15.3. The molecule has 2 N–H and O–H groups in total. The van der Waals surface area contributed by atoms with Gasteiger partial charge in [-0.1, -0.05) is 43.3 Å². The van der Waals surface area contributed by atoms with Gasteiger partial charge in [0.05, 0.1) is 37.1 Å². The van der Waals surface area contributed by atoms with E-state index >= 15 is 0 Å². The molecular formula is C34H50O8. The third-order valence-corrected chi connectivity index (χ3v) is 8.79. The second-order valence-electron chi connectivity index (χ2n) is 13.5. The summed E-state index contributed by atoms with van der Waals surface area (Å²) in [6.45, 7) is 14.3. The lowest BCUT2D eigenvalue weighted by atomic mass is 9.78. The fourth-order valence-corrected chi connectivity index (χ4v) is 6.25. The molecule has 8 nitrogen and oxygen atoms in total. The van der Waals surface area contributed by atoms with Gasteiger partial charge in [-0.3, -0.25) is 0 Å². The number of carbonyl (C=O) groups excluding carboxylic acids is 1. The predicted octanol–water partition coefficient (Wildman–Crippen LogP) is 5.40. The zero-order chi connectivity index (χ0) is 30.7. The van der Waals surface area contributed by atoms with E-state index in [-0.39, 0.29) is 18.1 Å². The van der Waals surface area contributed by atoms with Crippen molar-refractivity contribution in [1.29, 1.82) is 0 Å². The molecule has 3 saturated heterocycles. The minimum Gasteiger partial charge on any atom is -0.457 e. The van der Waals surface area contributed by atoms with Gasteiger partial charge >= 0.3 is 5.97 Å². The minimum absolute atomic E-state index is 0.0230. The molecule has 0 aliphatic carbocycles. The third-order valence-electron chi connectivity index (χ3n) is 8.79. The van der Waals surface area contributed by atoms with E-state index in [9.17, 15) is 15.0 Å². The maximum Gasteiger partial charge on any atom is 0.331 e. The van der Waals surface area contributed by atoms with Crippen LogP contribution in [0.5, 0.6) is 0 Å². The van der Waals surface area contributed by atoms with Crippen molar-refractivity contribution in [2.45, 2.75) is 135 Å². The number of esters is 1. The van der Waals surface area contributed by atoms with Gasteiger partial charge in [0.1, 0.15) is 17.8 Å². The lowest BCUT2D eigenvalue weighted by Gasteiger charge is -2.53. The average molecular weight is 587 g/mol. The standard InChI is InChI=1S/C34H50O8/c1-22(23(2)18-30(36)42-32(4,5)6)17-27(35)31(37)28-13-14-29-33(7,40-28)15-16-34(41-29)24(3)19-26(39-34)21-38-20-25-11-9-8-10-12-25/h8-12,17-18,24,26-29,31,35,37H,13-16,19-21H2,1-7H3/b22-17+,23-18+/t24-,26+,27+,28-,29+,31-,33-,34+/m0/s1. The molecular weight excluding hydrogens is 536 g/mol. The lowest BCUT2D eigenvalue weighted by Crippen LogP contribution is -2.61. The first-order chi connectivity index (χ1) is 19.7. The number of hydrogen-bond donors (Lipinski definition) is 2. The van der Waals surface area contributed by atoms with Crippen LogP contribution in [0.15, 0.2) is 53.6 Å². The van der Waals surface area contributed by atoms with Crippen LogP contribution >= 0.6 is 0 Å². The van der Waals surface area contributed by atoms with E-state index in [2.05, 4.69) is 19.1 Å². The van der Waals surface area contributed by atoms with Crippen molar-refractivity contribution < 1.29 is 38.7 Å². The van der Waals surface area contributed by atoms with Gasteiger partial charge in [-0.25, -0.2) is 4.79 Å². The van der Waals surface area contributed by atoms with Crippen LogP contribution in [0.25, 0.3) is 0 Å². The number of aliphatic hydroxyl groups is 2. The molecule has 0 saturated carbocycles. The van der Waals surface area contributed by atoms with Gasteiger partial charge < -0.3 is 33.9 Å². The molecule has 0 amide bonds. The summed E-state index contributed by atoms with van der Waals surface area (Å²) in [5.74, 6) is -0.876. The van der Waals surface area contributed by atoms with Crippen LogP contribution in [-0.2, 0) is 35.1 Å². The number of aliphatic hydroxyl groups excluding tert-OH is 2. The molecule has 42 heavy (non-hydrogen) atoms. The fourth-order valence-electron chi connectivity index (χ4n) is 6.25. The molecule has 3 heterocycles. The summed E-state index contributed by atoms with van der Waals surface area (Å²) in [7, 11) is 0. The summed E-state index contributed by atoms with van der Waals surface area (Å²) in [5.41, 5.74) is 1.31. The highest BCUT2D eigenvalue weighted by molar-refractivity contribution is 5.83. The molecule has 4 rings (SSSR count). The van der Waals surface area contributed by atoms with Gasteiger partial charge in [0.25, 0.3) is 0 Å². The van der Waals surface area contributed by atoms with Crippen LogP contribution < -0.4 is 0 Å². The molecule has 1 aromatic carbocycles. The van der Waals surface area contributed by atoms with Crippen molar-refractivity contribution in [2.75, 3.05) is 6.61 Å². The van der Waals surface area contributed by atoms with Gasteiger partial charge in [0.15, 0.2) is 5.79 Å². The minimum atomic E-state index is -1.15. The normalized spacial score (nSPS) is 33.7. The molecule has 0 radical (unpaired) electrons. The van der Waals surface area contributed by atoms with Crippen molar-refractivity contribution in [3.8, 4) is 0 Å². The first kappa shape index (κ1) is 32.8. The van der Waals surface area contributed by atoms with Crippen LogP contribution in [-0.4, -0.2) is 70.3 Å². The Bertz CT molecular complexity index is 1120. The van der Waals surface area contributed by atoms with E-state index < -0.39 is 41.3 Å². The van der Waals surface area contributed by atoms with E-state index in [1.807, 2.05) is 45.9 Å². The smallest absolute Gasteiger partial charge is 0.331 e. The van der Waals surface area contributed by atoms with Gasteiger partial charge in [-0.05, 0) is 83.9 Å². The number of fused-ring (bicyclic) bond motifs is 1. The summed E-state index contributed by atoms with van der Waals surface area (Å²) < 4.78 is 31.0. The molecule has 0 unspecified atom stereocenters. The van der Waals surface area contributed by atoms with Crippen LogP contribution in [0.3, 0.4) is 0 Å². The number of carbonyl (C=O) groups is 1. The highest BCUT2D eigenvalue weighted by Crippen LogP contribution is 2.51. The van der Waals surface area contributed by atoms with E-state index in [0.29, 0.717) is 43.6 Å². The number of benzene rings is 1. The Morgan fingerprint density at radius 1 is 1.07 bits per heavy atom. The Balaban J connectivity index is 1.31. The summed E-state index contributed by atoms with van der Waals surface area (Å²) in [4.78, 5) is 12.2. The zero-order valence-electron chi connectivity index (χ0n) is 26.3. The van der Waals surface area contributed by atoms with Gasteiger partial charge in [-0.15, -0.1) is 0 Å². The van der Waals surface area contributed by atoms with Crippen molar-refractivity contribution >= 4 is 5.97 Å². The van der Waals surface area contributed by atoms with Gasteiger partial charge in [0.2, 0.25) is 0 Å². The highest BCUT2D eigenvalue weighted by Gasteiger charge is 2.57. The molecule has 3 fully saturated rings. The van der Waals surface area contributed by atoms with E-state index in [1.165, 1.54) is 6.08 Å². The second kappa shape index (κ2) is 13.3. The molecule has 3 aliphatic rings. The van der Waals surface area contributed by atoms with E-state index in [4.69, 9.17) is 23.7 Å². The summed E-state index contributed by atoms with van der Waals surface area (Å²) in [6, 6.07) is 10.1. The Labute approximate surface area is 251 Å². The monoisotopic (exact) mass is 586 g/mol. The molecule has 1 spiro atoms. The quantitative estimate of drug-likeness (QED) is 0.225. The second-order valence-corrected chi connectivity index (χ2v) is 13.5. The lowest BCUT2D eigenvalue weighted by molar-refractivity contribution is -0.349. The molecule has 3 aliphatic heterocycles. The van der Waals surface area contributed by atoms with Gasteiger partial charge in [-0.2, -0.15) is 0 Å². The SMILES string of the molecule is CC(=C\C(=O)OC(C)(C)C)/C(C)=C/[C@@H](O)[C@H](O)[C@@H]1CC[C@H]2O[C@@]3(CC[C@]2(C)O1)O[C@@H](COCc1ccccc1)C[C@@H]3C. The van der Waals surface area contributed by atoms with Crippen LogP contribution in [0.1, 0.15) is 86.1 Å². The Kier molecular flexibility index (Phi) is 10.4. The molecule has 0 aromatic heterocycles. The molecule has 0 bridgehead atoms. The van der Waals surface area contributed by atoms with Crippen molar-refractivity contribution in [3.63, 3.8) is 0 Å². The summed E-state index contributed by atoms with van der Waals surface area (Å²) in [6.07, 6.45) is 3.50. The largest absolute Gasteiger partial charge is 0.457 e. The van der Waals surface area contributed by atoms with Crippen molar-refractivity contribution in [2.24, 2.45) is 5.92 Å². The fraction of sp³-hybridized carbons (Fsp3) is 0.676. The molecule has 8 heteroatoms. The van der Waals surface area contributed by atoms with Crippen LogP contribution in [0, 0.1) is 5.92 Å². The third kappa shape index (κ3) is 8.10.